The fourth-order valence-electron chi connectivity index (χ4n) is 2.50. The van der Waals surface area contributed by atoms with Gasteiger partial charge in [-0.05, 0) is 18.4 Å². The van der Waals surface area contributed by atoms with Gasteiger partial charge < -0.3 is 10.8 Å². The van der Waals surface area contributed by atoms with E-state index in [0.717, 1.165) is 12.1 Å². The van der Waals surface area contributed by atoms with Crippen LogP contribution in [0.5, 0.6) is 0 Å². The van der Waals surface area contributed by atoms with Gasteiger partial charge in [-0.2, -0.15) is 26.3 Å². The maximum absolute atomic E-state index is 13.6. The average molecular weight is 420 g/mol. The lowest BCUT2D eigenvalue weighted by Gasteiger charge is -2.38. The smallest absolute Gasteiger partial charge is 0.407 e. The maximum atomic E-state index is 13.6. The Morgan fingerprint density at radius 3 is 1.96 bits per heavy atom. The summed E-state index contributed by atoms with van der Waals surface area (Å²) in [6, 6.07) is 3.12. The second-order valence-electron chi connectivity index (χ2n) is 5.97. The van der Waals surface area contributed by atoms with Gasteiger partial charge in [-0.1, -0.05) is 30.3 Å². The largest absolute Gasteiger partial charge is 0.480 e. The Morgan fingerprint density at radius 2 is 1.56 bits per heavy atom. The predicted octanol–water partition coefficient (Wildman–Crippen LogP) is 3.29. The lowest BCUT2D eigenvalue weighted by molar-refractivity contribution is -0.304. The molecule has 0 spiro atoms. The molecule has 12 heteroatoms. The normalized spacial score (nSPS) is 16.6. The van der Waals surface area contributed by atoms with E-state index in [2.05, 4.69) is 0 Å². The third kappa shape index (κ3) is 5.34. The van der Waals surface area contributed by atoms with Crippen LogP contribution >= 0.6 is 0 Å². The number of carboxylic acids is 1. The Balaban J connectivity index is 3.22. The SMILES string of the molecule is N=S(=O)(CCC(N)C(=O)O)CCC(c1ccccc1)(C(F)(F)F)C(F)(F)F. The number of rotatable bonds is 8. The van der Waals surface area contributed by atoms with Crippen LogP contribution in [-0.4, -0.2) is 45.2 Å². The van der Waals surface area contributed by atoms with Crippen molar-refractivity contribution in [2.24, 2.45) is 5.73 Å². The molecule has 0 aliphatic heterocycles. The summed E-state index contributed by atoms with van der Waals surface area (Å²) >= 11 is 0. The fraction of sp³-hybridized carbons (Fsp3) is 0.533. The molecule has 154 valence electrons. The molecule has 1 rings (SSSR count). The quantitative estimate of drug-likeness (QED) is 0.562. The Bertz CT molecular complexity index is 733. The van der Waals surface area contributed by atoms with E-state index in [1.54, 1.807) is 0 Å². The molecule has 0 radical (unpaired) electrons. The van der Waals surface area contributed by atoms with E-state index in [1.165, 1.54) is 6.07 Å². The molecule has 1 aromatic carbocycles. The number of hydrogen-bond acceptors (Lipinski definition) is 4. The van der Waals surface area contributed by atoms with Crippen molar-refractivity contribution in [3.63, 3.8) is 0 Å². The maximum Gasteiger partial charge on any atom is 0.407 e. The molecule has 0 heterocycles. The molecular weight excluding hydrogens is 402 g/mol. The number of aliphatic carboxylic acids is 1. The Kier molecular flexibility index (Phi) is 6.92. The van der Waals surface area contributed by atoms with E-state index in [1.807, 2.05) is 0 Å². The summed E-state index contributed by atoms with van der Waals surface area (Å²) in [6.45, 7) is 0. The predicted molar refractivity (Wildman–Crippen MR) is 85.7 cm³/mol. The van der Waals surface area contributed by atoms with Gasteiger partial charge in [0.05, 0.1) is 0 Å². The van der Waals surface area contributed by atoms with Crippen molar-refractivity contribution in [3.8, 4) is 0 Å². The first-order valence-electron chi connectivity index (χ1n) is 7.55. The average Bonchev–Trinajstić information content (AvgIpc) is 2.51. The van der Waals surface area contributed by atoms with Gasteiger partial charge in [0, 0.05) is 21.2 Å². The highest BCUT2D eigenvalue weighted by atomic mass is 32.2. The molecule has 5 nitrogen and oxygen atoms in total. The Hall–Kier alpha value is -1.82. The molecule has 0 saturated heterocycles. The first-order valence-corrected chi connectivity index (χ1v) is 9.45. The lowest BCUT2D eigenvalue weighted by atomic mass is 9.76. The van der Waals surface area contributed by atoms with Crippen molar-refractivity contribution in [2.75, 3.05) is 11.5 Å². The van der Waals surface area contributed by atoms with Crippen LogP contribution in [0.25, 0.3) is 0 Å². The second-order valence-corrected chi connectivity index (χ2v) is 8.41. The third-order valence-electron chi connectivity index (χ3n) is 4.12. The number of hydrogen-bond donors (Lipinski definition) is 3. The number of carboxylic acid groups (broad SMARTS) is 1. The minimum Gasteiger partial charge on any atom is -0.480 e. The summed E-state index contributed by atoms with van der Waals surface area (Å²) in [6.07, 6.45) is -13.7. The fourth-order valence-corrected chi connectivity index (χ4v) is 3.97. The van der Waals surface area contributed by atoms with E-state index < -0.39 is 69.4 Å². The van der Waals surface area contributed by atoms with Gasteiger partial charge in [0.25, 0.3) is 0 Å². The molecule has 2 atom stereocenters. The van der Waals surface area contributed by atoms with E-state index in [0.29, 0.717) is 12.1 Å². The van der Waals surface area contributed by atoms with Gasteiger partial charge in [0.15, 0.2) is 5.41 Å². The monoisotopic (exact) mass is 420 g/mol. The zero-order valence-electron chi connectivity index (χ0n) is 13.8. The van der Waals surface area contributed by atoms with Crippen LogP contribution in [-0.2, 0) is 19.9 Å². The second kappa shape index (κ2) is 8.05. The first kappa shape index (κ1) is 23.2. The number of alkyl halides is 6. The van der Waals surface area contributed by atoms with Crippen LogP contribution in [0.4, 0.5) is 26.3 Å². The molecule has 0 aliphatic carbocycles. The number of nitrogens with two attached hydrogens (primary N) is 1. The number of nitrogens with one attached hydrogen (secondary N) is 1. The van der Waals surface area contributed by atoms with Crippen LogP contribution in [0.3, 0.4) is 0 Å². The van der Waals surface area contributed by atoms with Crippen molar-refractivity contribution in [1.29, 1.82) is 4.78 Å². The zero-order valence-corrected chi connectivity index (χ0v) is 14.6. The highest BCUT2D eigenvalue weighted by Crippen LogP contribution is 2.54. The summed E-state index contributed by atoms with van der Waals surface area (Å²) in [4.78, 5) is 10.6. The van der Waals surface area contributed by atoms with Gasteiger partial charge in [0.1, 0.15) is 6.04 Å². The number of halogens is 6. The first-order chi connectivity index (χ1) is 12.1. The summed E-state index contributed by atoms with van der Waals surface area (Å²) < 4.78 is 101. The molecule has 27 heavy (non-hydrogen) atoms. The van der Waals surface area contributed by atoms with E-state index >= 15 is 0 Å². The standard InChI is InChI=1S/C15H18F6N2O3S/c16-14(17,18)13(15(19,20)21,10-4-2-1-3-5-10)7-9-27(23,26)8-6-11(22)12(24)25/h1-5,11,23H,6-9,22H2,(H,24,25). The van der Waals surface area contributed by atoms with Crippen molar-refractivity contribution < 1.29 is 40.5 Å². The van der Waals surface area contributed by atoms with Gasteiger partial charge in [0.2, 0.25) is 0 Å². The van der Waals surface area contributed by atoms with Crippen LogP contribution < -0.4 is 5.73 Å². The molecule has 0 amide bonds. The topological polar surface area (TPSA) is 104 Å². The highest BCUT2D eigenvalue weighted by molar-refractivity contribution is 7.92. The van der Waals surface area contributed by atoms with Crippen molar-refractivity contribution in [1.82, 2.24) is 0 Å². The van der Waals surface area contributed by atoms with Crippen molar-refractivity contribution in [3.05, 3.63) is 35.9 Å². The van der Waals surface area contributed by atoms with Crippen LogP contribution in [0.15, 0.2) is 30.3 Å². The van der Waals surface area contributed by atoms with Crippen LogP contribution in [0.1, 0.15) is 18.4 Å². The van der Waals surface area contributed by atoms with Gasteiger partial charge in [-0.3, -0.25) is 9.57 Å². The van der Waals surface area contributed by atoms with Gasteiger partial charge >= 0.3 is 18.3 Å². The number of carbonyl (C=O) groups is 1. The Labute approximate surface area is 151 Å². The Morgan fingerprint density at radius 1 is 1.07 bits per heavy atom. The van der Waals surface area contributed by atoms with E-state index in [9.17, 15) is 35.3 Å². The molecule has 0 aromatic heterocycles. The molecular formula is C15H18F6N2O3S. The summed E-state index contributed by atoms with van der Waals surface area (Å²) in [7, 11) is -3.92. The van der Waals surface area contributed by atoms with Gasteiger partial charge in [-0.25, -0.2) is 4.21 Å². The highest BCUT2D eigenvalue weighted by Gasteiger charge is 2.71. The van der Waals surface area contributed by atoms with Crippen molar-refractivity contribution in [2.45, 2.75) is 36.7 Å². The minimum atomic E-state index is -5.75. The third-order valence-corrected chi connectivity index (χ3v) is 5.88. The summed E-state index contributed by atoms with van der Waals surface area (Å²) in [5.41, 5.74) is -0.192. The molecule has 0 saturated carbocycles. The van der Waals surface area contributed by atoms with Crippen molar-refractivity contribution >= 4 is 15.7 Å². The molecule has 0 aliphatic rings. The molecule has 1 aromatic rings. The van der Waals surface area contributed by atoms with Gasteiger partial charge in [-0.15, -0.1) is 0 Å². The molecule has 0 bridgehead atoms. The molecule has 0 fully saturated rings. The lowest BCUT2D eigenvalue weighted by Crippen LogP contribution is -2.54. The summed E-state index contributed by atoms with van der Waals surface area (Å²) in [5.74, 6) is -3.41. The zero-order chi connectivity index (χ0) is 21.1. The number of benzene rings is 1. The molecule has 4 N–H and O–H groups in total. The summed E-state index contributed by atoms with van der Waals surface area (Å²) in [5, 5.41) is 8.62. The van der Waals surface area contributed by atoms with E-state index in [4.69, 9.17) is 15.6 Å². The van der Waals surface area contributed by atoms with Crippen LogP contribution in [0.2, 0.25) is 0 Å². The van der Waals surface area contributed by atoms with E-state index in [-0.39, 0.29) is 0 Å². The molecule has 2 unspecified atom stereocenters. The minimum absolute atomic E-state index is 0.506. The van der Waals surface area contributed by atoms with Crippen LogP contribution in [0, 0.1) is 4.78 Å².